The molecule has 7 heteroatoms. The molecule has 0 saturated heterocycles. The Morgan fingerprint density at radius 3 is 1.71 bits per heavy atom. The molecule has 3 aromatic carbocycles. The number of sulfonamides is 1. The molecule has 0 aromatic heterocycles. The normalized spacial score (nSPS) is 10.9. The standard InChI is InChI=1S/C21H18N2O4S/c1-14-3-7-17(8-4-14)26-19-12-20(27-18-9-5-15(2)6-10-18)21(28(23,24)25)11-16(19)13-22/h3-12H,1-2H3,(H2,23,24,25). The zero-order valence-electron chi connectivity index (χ0n) is 15.3. The van der Waals surface area contributed by atoms with Crippen LogP contribution in [0.15, 0.2) is 65.6 Å². The molecule has 0 aliphatic heterocycles. The van der Waals surface area contributed by atoms with E-state index in [-0.39, 0.29) is 22.0 Å². The van der Waals surface area contributed by atoms with E-state index >= 15 is 0 Å². The van der Waals surface area contributed by atoms with Gasteiger partial charge in [0.25, 0.3) is 0 Å². The van der Waals surface area contributed by atoms with Crippen molar-refractivity contribution < 1.29 is 17.9 Å². The Balaban J connectivity index is 2.08. The Morgan fingerprint density at radius 2 is 1.29 bits per heavy atom. The fraction of sp³-hybridized carbons (Fsp3) is 0.0952. The van der Waals surface area contributed by atoms with Crippen LogP contribution in [0.1, 0.15) is 16.7 Å². The van der Waals surface area contributed by atoms with Gasteiger partial charge in [-0.25, -0.2) is 13.6 Å². The van der Waals surface area contributed by atoms with Crippen LogP contribution >= 0.6 is 0 Å². The van der Waals surface area contributed by atoms with Gasteiger partial charge >= 0.3 is 0 Å². The molecule has 0 unspecified atom stereocenters. The summed E-state index contributed by atoms with van der Waals surface area (Å²) in [5.41, 5.74) is 2.11. The fourth-order valence-corrected chi connectivity index (χ4v) is 3.14. The summed E-state index contributed by atoms with van der Waals surface area (Å²) in [5.74, 6) is 1.08. The molecule has 0 aliphatic carbocycles. The lowest BCUT2D eigenvalue weighted by molar-refractivity contribution is 0.449. The van der Waals surface area contributed by atoms with E-state index in [2.05, 4.69) is 0 Å². The van der Waals surface area contributed by atoms with Crippen LogP contribution in [0.25, 0.3) is 0 Å². The van der Waals surface area contributed by atoms with Gasteiger partial charge in [-0.2, -0.15) is 5.26 Å². The maximum absolute atomic E-state index is 12.0. The highest BCUT2D eigenvalue weighted by Crippen LogP contribution is 2.36. The van der Waals surface area contributed by atoms with E-state index in [9.17, 15) is 13.7 Å². The van der Waals surface area contributed by atoms with Crippen LogP contribution in [-0.4, -0.2) is 8.42 Å². The van der Waals surface area contributed by atoms with Gasteiger partial charge in [-0.1, -0.05) is 35.4 Å². The van der Waals surface area contributed by atoms with Gasteiger partial charge in [0.15, 0.2) is 5.75 Å². The molecule has 0 radical (unpaired) electrons. The zero-order chi connectivity index (χ0) is 20.3. The van der Waals surface area contributed by atoms with Crippen LogP contribution in [0.5, 0.6) is 23.0 Å². The van der Waals surface area contributed by atoms with Crippen LogP contribution in [0.2, 0.25) is 0 Å². The highest BCUT2D eigenvalue weighted by atomic mass is 32.2. The highest BCUT2D eigenvalue weighted by molar-refractivity contribution is 7.89. The van der Waals surface area contributed by atoms with Crippen LogP contribution in [0.4, 0.5) is 0 Å². The molecular formula is C21H18N2O4S. The highest BCUT2D eigenvalue weighted by Gasteiger charge is 2.21. The number of nitrogens with two attached hydrogens (primary N) is 1. The molecule has 0 aliphatic rings. The first kappa shape index (κ1) is 19.4. The molecule has 0 atom stereocenters. The lowest BCUT2D eigenvalue weighted by atomic mass is 10.2. The number of hydrogen-bond donors (Lipinski definition) is 1. The first-order valence-electron chi connectivity index (χ1n) is 8.36. The summed E-state index contributed by atoms with van der Waals surface area (Å²) in [4.78, 5) is -0.291. The molecular weight excluding hydrogens is 376 g/mol. The third-order valence-electron chi connectivity index (χ3n) is 3.97. The molecule has 0 saturated carbocycles. The Bertz CT molecular complexity index is 1150. The van der Waals surface area contributed by atoms with Crippen LogP contribution in [0.3, 0.4) is 0 Å². The maximum Gasteiger partial charge on any atom is 0.241 e. The van der Waals surface area contributed by atoms with Gasteiger partial charge in [-0.3, -0.25) is 0 Å². The molecule has 0 heterocycles. The first-order valence-corrected chi connectivity index (χ1v) is 9.91. The van der Waals surface area contributed by atoms with Crippen molar-refractivity contribution >= 4 is 10.0 Å². The molecule has 0 amide bonds. The Kier molecular flexibility index (Phi) is 5.36. The third kappa shape index (κ3) is 4.49. The Hall–Kier alpha value is -3.34. The van der Waals surface area contributed by atoms with E-state index in [1.165, 1.54) is 6.07 Å². The number of ether oxygens (including phenoxy) is 2. The van der Waals surface area contributed by atoms with Crippen LogP contribution < -0.4 is 14.6 Å². The van der Waals surface area contributed by atoms with Crippen molar-refractivity contribution in [3.05, 3.63) is 77.4 Å². The average molecular weight is 394 g/mol. The topological polar surface area (TPSA) is 102 Å². The second-order valence-corrected chi connectivity index (χ2v) is 7.81. The van der Waals surface area contributed by atoms with Crippen molar-refractivity contribution in [3.8, 4) is 29.1 Å². The quantitative estimate of drug-likeness (QED) is 0.690. The maximum atomic E-state index is 12.0. The summed E-state index contributed by atoms with van der Waals surface area (Å²) in [6.07, 6.45) is 0. The second-order valence-electron chi connectivity index (χ2n) is 6.28. The van der Waals surface area contributed by atoms with Gasteiger partial charge in [0.1, 0.15) is 28.2 Å². The van der Waals surface area contributed by atoms with E-state index in [1.54, 1.807) is 24.3 Å². The number of nitriles is 1. The van der Waals surface area contributed by atoms with Crippen LogP contribution in [-0.2, 0) is 10.0 Å². The number of rotatable bonds is 5. The van der Waals surface area contributed by atoms with Crippen molar-refractivity contribution in [3.63, 3.8) is 0 Å². The van der Waals surface area contributed by atoms with Crippen molar-refractivity contribution in [2.24, 2.45) is 5.14 Å². The molecule has 2 N–H and O–H groups in total. The fourth-order valence-electron chi connectivity index (χ4n) is 2.48. The van der Waals surface area contributed by atoms with Gasteiger partial charge in [0.05, 0.1) is 5.56 Å². The third-order valence-corrected chi connectivity index (χ3v) is 4.90. The predicted octanol–water partition coefficient (Wildman–Crippen LogP) is 4.41. The molecule has 142 valence electrons. The van der Waals surface area contributed by atoms with E-state index in [0.29, 0.717) is 11.5 Å². The lowest BCUT2D eigenvalue weighted by Crippen LogP contribution is -2.14. The zero-order valence-corrected chi connectivity index (χ0v) is 16.2. The van der Waals surface area contributed by atoms with E-state index in [1.807, 2.05) is 44.2 Å². The molecule has 0 spiro atoms. The predicted molar refractivity (Wildman–Crippen MR) is 105 cm³/mol. The van der Waals surface area contributed by atoms with E-state index in [4.69, 9.17) is 14.6 Å². The van der Waals surface area contributed by atoms with Gasteiger partial charge in [-0.05, 0) is 44.2 Å². The molecule has 3 aromatic rings. The second kappa shape index (κ2) is 7.72. The van der Waals surface area contributed by atoms with E-state index in [0.717, 1.165) is 17.2 Å². The smallest absolute Gasteiger partial charge is 0.241 e. The monoisotopic (exact) mass is 394 g/mol. The number of benzene rings is 3. The minimum Gasteiger partial charge on any atom is -0.456 e. The summed E-state index contributed by atoms with van der Waals surface area (Å²) in [6.45, 7) is 3.87. The largest absolute Gasteiger partial charge is 0.456 e. The van der Waals surface area contributed by atoms with Gasteiger partial charge < -0.3 is 9.47 Å². The average Bonchev–Trinajstić information content (AvgIpc) is 2.65. The number of hydrogen-bond acceptors (Lipinski definition) is 5. The molecule has 6 nitrogen and oxygen atoms in total. The van der Waals surface area contributed by atoms with Crippen molar-refractivity contribution in [2.45, 2.75) is 18.7 Å². The number of aryl methyl sites for hydroxylation is 2. The van der Waals surface area contributed by atoms with Gasteiger partial charge in [0, 0.05) is 6.07 Å². The molecule has 28 heavy (non-hydrogen) atoms. The molecule has 3 rings (SSSR count). The molecule has 0 fully saturated rings. The minimum absolute atomic E-state index is 0.0209. The summed E-state index contributed by atoms with van der Waals surface area (Å²) >= 11 is 0. The Labute approximate surface area is 163 Å². The van der Waals surface area contributed by atoms with Crippen molar-refractivity contribution in [2.75, 3.05) is 0 Å². The molecule has 0 bridgehead atoms. The SMILES string of the molecule is Cc1ccc(Oc2cc(Oc3ccc(C)cc3)c(S(N)(=O)=O)cc2C#N)cc1. The Morgan fingerprint density at radius 1 is 0.821 bits per heavy atom. The number of nitrogens with zero attached hydrogens (tertiary/aromatic N) is 1. The summed E-state index contributed by atoms with van der Waals surface area (Å²) in [7, 11) is -4.12. The summed E-state index contributed by atoms with van der Waals surface area (Å²) in [5, 5.41) is 14.8. The van der Waals surface area contributed by atoms with E-state index < -0.39 is 10.0 Å². The van der Waals surface area contributed by atoms with Crippen LogP contribution in [0, 0.1) is 25.2 Å². The minimum atomic E-state index is -4.12. The lowest BCUT2D eigenvalue weighted by Gasteiger charge is -2.14. The van der Waals surface area contributed by atoms with Gasteiger partial charge in [0.2, 0.25) is 10.0 Å². The first-order chi connectivity index (χ1) is 13.3. The summed E-state index contributed by atoms with van der Waals surface area (Å²) < 4.78 is 35.6. The van der Waals surface area contributed by atoms with Crippen molar-refractivity contribution in [1.29, 1.82) is 5.26 Å². The summed E-state index contributed by atoms with van der Waals surface area (Å²) in [6, 6.07) is 18.8. The van der Waals surface area contributed by atoms with Crippen molar-refractivity contribution in [1.82, 2.24) is 0 Å². The number of primary sulfonamides is 1. The van der Waals surface area contributed by atoms with Gasteiger partial charge in [-0.15, -0.1) is 0 Å².